The Balaban J connectivity index is 1.50. The number of hydrogen-bond donors (Lipinski definition) is 2. The van der Waals surface area contributed by atoms with E-state index in [9.17, 15) is 9.59 Å². The van der Waals surface area contributed by atoms with Gasteiger partial charge in [-0.3, -0.25) is 9.59 Å². The quantitative estimate of drug-likeness (QED) is 0.908. The summed E-state index contributed by atoms with van der Waals surface area (Å²) in [4.78, 5) is 27.7. The van der Waals surface area contributed by atoms with Gasteiger partial charge in [-0.15, -0.1) is 0 Å². The smallest absolute Gasteiger partial charge is 0.268 e. The molecule has 0 atom stereocenters. The van der Waals surface area contributed by atoms with E-state index in [0.717, 1.165) is 35.4 Å². The topological polar surface area (TPSA) is 80.4 Å². The third-order valence-corrected chi connectivity index (χ3v) is 4.55. The zero-order chi connectivity index (χ0) is 16.7. The molecule has 0 fully saturated rings. The Morgan fingerprint density at radius 2 is 2.08 bits per heavy atom. The van der Waals surface area contributed by atoms with Crippen LogP contribution in [0.15, 0.2) is 18.2 Å². The van der Waals surface area contributed by atoms with Crippen LogP contribution in [0.3, 0.4) is 0 Å². The summed E-state index contributed by atoms with van der Waals surface area (Å²) >= 11 is 0. The molecular formula is C18H18N2O4. The number of ether oxygens (including phenoxy) is 2. The maximum Gasteiger partial charge on any atom is 0.268 e. The van der Waals surface area contributed by atoms with Crippen LogP contribution in [0.25, 0.3) is 0 Å². The molecule has 1 amide bonds. The number of Topliss-reactive ketones (excluding diaryl/α,β-unsaturated/α-hetero) is 1. The summed E-state index contributed by atoms with van der Waals surface area (Å²) in [5, 5.41) is 2.89. The molecule has 4 rings (SSSR count). The second kappa shape index (κ2) is 5.70. The molecule has 2 aromatic rings. The molecule has 1 aliphatic carbocycles. The third-order valence-electron chi connectivity index (χ3n) is 4.55. The number of fused-ring (bicyclic) bond motifs is 2. The van der Waals surface area contributed by atoms with Crippen LogP contribution in [-0.2, 0) is 13.0 Å². The van der Waals surface area contributed by atoms with Crippen LogP contribution in [-0.4, -0.2) is 23.5 Å². The monoisotopic (exact) mass is 326 g/mol. The molecule has 1 aliphatic heterocycles. The first-order valence-electron chi connectivity index (χ1n) is 8.05. The summed E-state index contributed by atoms with van der Waals surface area (Å²) in [5.74, 6) is 1.34. The van der Waals surface area contributed by atoms with Gasteiger partial charge in [-0.1, -0.05) is 6.07 Å². The molecule has 124 valence electrons. The van der Waals surface area contributed by atoms with Crippen LogP contribution in [0.1, 0.15) is 50.5 Å². The second-order valence-electron chi connectivity index (χ2n) is 6.13. The highest BCUT2D eigenvalue weighted by molar-refractivity contribution is 6.04. The minimum absolute atomic E-state index is 0.125. The molecule has 2 N–H and O–H groups in total. The number of aromatic amines is 1. The first-order chi connectivity index (χ1) is 11.6. The minimum Gasteiger partial charge on any atom is -0.454 e. The van der Waals surface area contributed by atoms with E-state index in [1.165, 1.54) is 0 Å². The lowest BCUT2D eigenvalue weighted by Gasteiger charge is -2.09. The average Bonchev–Trinajstić information content (AvgIpc) is 3.17. The van der Waals surface area contributed by atoms with Crippen molar-refractivity contribution >= 4 is 11.7 Å². The molecule has 0 bridgehead atoms. The van der Waals surface area contributed by atoms with E-state index in [1.807, 2.05) is 25.1 Å². The summed E-state index contributed by atoms with van der Waals surface area (Å²) in [6, 6.07) is 5.59. The van der Waals surface area contributed by atoms with E-state index >= 15 is 0 Å². The average molecular weight is 326 g/mol. The van der Waals surface area contributed by atoms with Crippen molar-refractivity contribution in [1.82, 2.24) is 10.3 Å². The van der Waals surface area contributed by atoms with Gasteiger partial charge < -0.3 is 19.8 Å². The summed E-state index contributed by atoms with van der Waals surface area (Å²) in [6.45, 7) is 2.44. The van der Waals surface area contributed by atoms with Crippen LogP contribution in [0.4, 0.5) is 0 Å². The Labute approximate surface area is 139 Å². The molecule has 0 saturated carbocycles. The van der Waals surface area contributed by atoms with Crippen molar-refractivity contribution in [3.63, 3.8) is 0 Å². The number of aromatic nitrogens is 1. The van der Waals surface area contributed by atoms with Gasteiger partial charge in [0.25, 0.3) is 5.91 Å². The lowest BCUT2D eigenvalue weighted by atomic mass is 9.94. The van der Waals surface area contributed by atoms with Gasteiger partial charge in [0.05, 0.1) is 0 Å². The molecule has 2 aliphatic rings. The number of rotatable bonds is 3. The van der Waals surface area contributed by atoms with E-state index in [4.69, 9.17) is 9.47 Å². The Bertz CT molecular complexity index is 838. The van der Waals surface area contributed by atoms with Gasteiger partial charge in [0, 0.05) is 24.2 Å². The number of hydrogen-bond acceptors (Lipinski definition) is 4. The predicted molar refractivity (Wildman–Crippen MR) is 86.5 cm³/mol. The van der Waals surface area contributed by atoms with E-state index in [2.05, 4.69) is 10.3 Å². The van der Waals surface area contributed by atoms with Crippen molar-refractivity contribution in [3.05, 3.63) is 46.3 Å². The number of aryl methyl sites for hydroxylation is 1. The van der Waals surface area contributed by atoms with Crippen molar-refractivity contribution < 1.29 is 19.1 Å². The summed E-state index contributed by atoms with van der Waals surface area (Å²) in [6.07, 6.45) is 2.21. The summed E-state index contributed by atoms with van der Waals surface area (Å²) in [5.41, 5.74) is 3.75. The van der Waals surface area contributed by atoms with Gasteiger partial charge in [-0.25, -0.2) is 0 Å². The van der Waals surface area contributed by atoms with Gasteiger partial charge in [0.2, 0.25) is 6.79 Å². The number of ketones is 1. The Kier molecular flexibility index (Phi) is 3.52. The lowest BCUT2D eigenvalue weighted by Crippen LogP contribution is -2.24. The molecule has 1 aromatic carbocycles. The van der Waals surface area contributed by atoms with Crippen molar-refractivity contribution in [2.75, 3.05) is 6.79 Å². The first kappa shape index (κ1) is 14.8. The largest absolute Gasteiger partial charge is 0.454 e. The standard InChI is InChI=1S/C18H18N2O4/c1-10-16-12(3-2-4-13(16)21)20-17(10)18(22)19-8-11-5-6-14-15(7-11)24-9-23-14/h5-7,20H,2-4,8-9H2,1H3,(H,19,22). The van der Waals surface area contributed by atoms with E-state index < -0.39 is 0 Å². The van der Waals surface area contributed by atoms with E-state index in [-0.39, 0.29) is 18.5 Å². The number of amides is 1. The molecule has 1 aromatic heterocycles. The van der Waals surface area contributed by atoms with Gasteiger partial charge in [0.15, 0.2) is 17.3 Å². The van der Waals surface area contributed by atoms with Gasteiger partial charge in [-0.2, -0.15) is 0 Å². The number of carbonyl (C=O) groups is 2. The molecule has 6 nitrogen and oxygen atoms in total. The van der Waals surface area contributed by atoms with Crippen LogP contribution in [0.5, 0.6) is 11.5 Å². The molecule has 0 radical (unpaired) electrons. The van der Waals surface area contributed by atoms with Crippen molar-refractivity contribution in [2.24, 2.45) is 0 Å². The van der Waals surface area contributed by atoms with Gasteiger partial charge in [-0.05, 0) is 43.0 Å². The molecule has 0 saturated heterocycles. The highest BCUT2D eigenvalue weighted by Gasteiger charge is 2.26. The predicted octanol–water partition coefficient (Wildman–Crippen LogP) is 2.50. The summed E-state index contributed by atoms with van der Waals surface area (Å²) in [7, 11) is 0. The molecule has 6 heteroatoms. The van der Waals surface area contributed by atoms with Crippen LogP contribution >= 0.6 is 0 Å². The fourth-order valence-corrected chi connectivity index (χ4v) is 3.32. The molecule has 2 heterocycles. The van der Waals surface area contributed by atoms with Crippen LogP contribution in [0.2, 0.25) is 0 Å². The Morgan fingerprint density at radius 3 is 2.92 bits per heavy atom. The zero-order valence-electron chi connectivity index (χ0n) is 13.4. The fraction of sp³-hybridized carbons (Fsp3) is 0.333. The second-order valence-corrected chi connectivity index (χ2v) is 6.13. The lowest BCUT2D eigenvalue weighted by molar-refractivity contribution is 0.0944. The Morgan fingerprint density at radius 1 is 1.25 bits per heavy atom. The van der Waals surface area contributed by atoms with Crippen molar-refractivity contribution in [2.45, 2.75) is 32.7 Å². The normalized spacial score (nSPS) is 15.3. The van der Waals surface area contributed by atoms with Crippen molar-refractivity contribution in [1.29, 1.82) is 0 Å². The maximum atomic E-state index is 12.5. The minimum atomic E-state index is -0.202. The van der Waals surface area contributed by atoms with E-state index in [0.29, 0.717) is 30.0 Å². The SMILES string of the molecule is Cc1c(C(=O)NCc2ccc3c(c2)OCO3)[nH]c2c1C(=O)CCC2. The molecule has 0 spiro atoms. The van der Waals surface area contributed by atoms with Crippen LogP contribution in [0, 0.1) is 6.92 Å². The number of nitrogens with one attached hydrogen (secondary N) is 2. The van der Waals surface area contributed by atoms with Crippen molar-refractivity contribution in [3.8, 4) is 11.5 Å². The maximum absolute atomic E-state index is 12.5. The van der Waals surface area contributed by atoms with Gasteiger partial charge >= 0.3 is 0 Å². The number of H-pyrrole nitrogens is 1. The van der Waals surface area contributed by atoms with E-state index in [1.54, 1.807) is 0 Å². The molecule has 24 heavy (non-hydrogen) atoms. The number of carbonyl (C=O) groups excluding carboxylic acids is 2. The Hall–Kier alpha value is -2.76. The summed E-state index contributed by atoms with van der Waals surface area (Å²) < 4.78 is 10.6. The van der Waals surface area contributed by atoms with Crippen LogP contribution < -0.4 is 14.8 Å². The molecule has 0 unspecified atom stereocenters. The third kappa shape index (κ3) is 2.44. The first-order valence-corrected chi connectivity index (χ1v) is 8.05. The fourth-order valence-electron chi connectivity index (χ4n) is 3.32. The highest BCUT2D eigenvalue weighted by atomic mass is 16.7. The number of benzene rings is 1. The highest BCUT2D eigenvalue weighted by Crippen LogP contribution is 2.32. The zero-order valence-corrected chi connectivity index (χ0v) is 13.4. The van der Waals surface area contributed by atoms with Gasteiger partial charge in [0.1, 0.15) is 5.69 Å². The molecular weight excluding hydrogens is 308 g/mol.